The molecule has 0 radical (unpaired) electrons. The first kappa shape index (κ1) is 11.2. The van der Waals surface area contributed by atoms with Crippen LogP contribution in [0.1, 0.15) is 0 Å². The second-order valence-corrected chi connectivity index (χ2v) is 4.74. The molecule has 88 valence electrons. The Morgan fingerprint density at radius 2 is 1.89 bits per heavy atom. The van der Waals surface area contributed by atoms with Crippen molar-refractivity contribution in [1.82, 2.24) is 15.2 Å². The Morgan fingerprint density at radius 3 is 2.67 bits per heavy atom. The van der Waals surface area contributed by atoms with E-state index in [9.17, 15) is 0 Å². The lowest BCUT2D eigenvalue weighted by Gasteiger charge is -1.98. The predicted octanol–water partition coefficient (Wildman–Crippen LogP) is 3.90. The van der Waals surface area contributed by atoms with Crippen LogP contribution >= 0.6 is 15.9 Å². The number of rotatable bonds is 2. The average molecular weight is 300 g/mol. The normalized spacial score (nSPS) is 10.5. The molecule has 3 rings (SSSR count). The number of benzene rings is 1. The fourth-order valence-electron chi connectivity index (χ4n) is 1.81. The second-order valence-electron chi connectivity index (χ2n) is 3.89. The van der Waals surface area contributed by atoms with Gasteiger partial charge in [0, 0.05) is 28.0 Å². The molecule has 3 nitrogen and oxygen atoms in total. The highest BCUT2D eigenvalue weighted by molar-refractivity contribution is 9.10. The van der Waals surface area contributed by atoms with E-state index in [0.717, 1.165) is 27.0 Å². The van der Waals surface area contributed by atoms with Gasteiger partial charge in [-0.05, 0) is 28.1 Å². The molecule has 4 heteroatoms. The lowest BCUT2D eigenvalue weighted by molar-refractivity contribution is 1.10. The summed E-state index contributed by atoms with van der Waals surface area (Å²) in [6, 6.07) is 14.1. The van der Waals surface area contributed by atoms with Crippen LogP contribution in [-0.4, -0.2) is 15.2 Å². The summed E-state index contributed by atoms with van der Waals surface area (Å²) in [6.45, 7) is 0. The van der Waals surface area contributed by atoms with E-state index in [4.69, 9.17) is 0 Å². The zero-order chi connectivity index (χ0) is 12.4. The predicted molar refractivity (Wildman–Crippen MR) is 75.0 cm³/mol. The van der Waals surface area contributed by atoms with Crippen molar-refractivity contribution in [2.75, 3.05) is 0 Å². The van der Waals surface area contributed by atoms with Gasteiger partial charge in [0.2, 0.25) is 0 Å². The number of nitrogens with zero attached hydrogens (tertiary/aromatic N) is 2. The minimum absolute atomic E-state index is 0.939. The maximum atomic E-state index is 4.34. The van der Waals surface area contributed by atoms with Crippen molar-refractivity contribution in [2.24, 2.45) is 0 Å². The lowest BCUT2D eigenvalue weighted by atomic mass is 10.1. The summed E-state index contributed by atoms with van der Waals surface area (Å²) >= 11 is 3.49. The molecule has 18 heavy (non-hydrogen) atoms. The lowest BCUT2D eigenvalue weighted by Crippen LogP contribution is -1.80. The number of aromatic nitrogens is 3. The molecule has 0 atom stereocenters. The van der Waals surface area contributed by atoms with Crippen LogP contribution in [0, 0.1) is 0 Å². The molecule has 1 aromatic carbocycles. The van der Waals surface area contributed by atoms with Crippen molar-refractivity contribution in [2.45, 2.75) is 0 Å². The molecule has 0 aliphatic rings. The van der Waals surface area contributed by atoms with E-state index in [0.29, 0.717) is 0 Å². The number of H-pyrrole nitrogens is 1. The summed E-state index contributed by atoms with van der Waals surface area (Å²) < 4.78 is 0.952. The Balaban J connectivity index is 2.03. The van der Waals surface area contributed by atoms with Crippen LogP contribution in [0.3, 0.4) is 0 Å². The summed E-state index contributed by atoms with van der Waals surface area (Å²) in [4.78, 5) is 4.05. The summed E-state index contributed by atoms with van der Waals surface area (Å²) in [6.07, 6.45) is 3.54. The van der Waals surface area contributed by atoms with Gasteiger partial charge in [0.05, 0.1) is 11.4 Å². The Bertz CT molecular complexity index is 662. The maximum absolute atomic E-state index is 4.34. The third-order valence-electron chi connectivity index (χ3n) is 2.71. The monoisotopic (exact) mass is 299 g/mol. The van der Waals surface area contributed by atoms with Crippen LogP contribution in [0.25, 0.3) is 22.5 Å². The van der Waals surface area contributed by atoms with Gasteiger partial charge in [-0.2, -0.15) is 5.10 Å². The third-order valence-corrected chi connectivity index (χ3v) is 3.34. The van der Waals surface area contributed by atoms with E-state index in [-0.39, 0.29) is 0 Å². The molecule has 1 N–H and O–H groups in total. The molecule has 0 saturated heterocycles. The zero-order valence-corrected chi connectivity index (χ0v) is 11.1. The first-order valence-electron chi connectivity index (χ1n) is 5.55. The molecule has 0 aliphatic carbocycles. The number of nitrogens with one attached hydrogen (secondary N) is 1. The van der Waals surface area contributed by atoms with E-state index in [1.165, 1.54) is 0 Å². The van der Waals surface area contributed by atoms with Crippen molar-refractivity contribution in [3.05, 3.63) is 59.3 Å². The zero-order valence-electron chi connectivity index (χ0n) is 9.47. The van der Waals surface area contributed by atoms with Crippen molar-refractivity contribution in [3.63, 3.8) is 0 Å². The summed E-state index contributed by atoms with van der Waals surface area (Å²) in [5.41, 5.74) is 4.07. The molecule has 0 unspecified atom stereocenters. The fourth-order valence-corrected chi connectivity index (χ4v) is 2.27. The number of aromatic amines is 1. The van der Waals surface area contributed by atoms with Crippen molar-refractivity contribution in [3.8, 4) is 22.5 Å². The van der Waals surface area contributed by atoms with Crippen LogP contribution in [0.2, 0.25) is 0 Å². The first-order valence-corrected chi connectivity index (χ1v) is 6.34. The number of halogens is 1. The van der Waals surface area contributed by atoms with Crippen LogP contribution < -0.4 is 0 Å². The van der Waals surface area contributed by atoms with Crippen molar-refractivity contribution in [1.29, 1.82) is 0 Å². The Morgan fingerprint density at radius 1 is 1.06 bits per heavy atom. The van der Waals surface area contributed by atoms with Gasteiger partial charge in [-0.3, -0.25) is 10.1 Å². The Kier molecular flexibility index (Phi) is 2.94. The molecule has 2 heterocycles. The topological polar surface area (TPSA) is 41.6 Å². The van der Waals surface area contributed by atoms with Gasteiger partial charge < -0.3 is 0 Å². The van der Waals surface area contributed by atoms with E-state index in [1.54, 1.807) is 12.4 Å². The van der Waals surface area contributed by atoms with E-state index in [2.05, 4.69) is 31.1 Å². The number of pyridine rings is 1. The standard InChI is InChI=1S/C14H10BrN3/c15-12-9-16-7-6-11(12)14-8-13(17-18-14)10-4-2-1-3-5-10/h1-9H,(H,17,18). The Hall–Kier alpha value is -1.94. The van der Waals surface area contributed by atoms with Gasteiger partial charge in [-0.15, -0.1) is 0 Å². The Labute approximate surface area is 113 Å². The van der Waals surface area contributed by atoms with Gasteiger partial charge in [0.15, 0.2) is 0 Å². The molecular weight excluding hydrogens is 290 g/mol. The minimum Gasteiger partial charge on any atom is -0.277 e. The van der Waals surface area contributed by atoms with Crippen LogP contribution in [-0.2, 0) is 0 Å². The van der Waals surface area contributed by atoms with Gasteiger partial charge in [-0.1, -0.05) is 30.3 Å². The molecule has 0 saturated carbocycles. The quantitative estimate of drug-likeness (QED) is 0.780. The van der Waals surface area contributed by atoms with Gasteiger partial charge in [0.25, 0.3) is 0 Å². The van der Waals surface area contributed by atoms with Crippen LogP contribution in [0.15, 0.2) is 59.3 Å². The molecule has 0 spiro atoms. The van der Waals surface area contributed by atoms with Crippen LogP contribution in [0.4, 0.5) is 0 Å². The molecule has 0 bridgehead atoms. The maximum Gasteiger partial charge on any atom is 0.0927 e. The van der Waals surface area contributed by atoms with Crippen molar-refractivity contribution >= 4 is 15.9 Å². The minimum atomic E-state index is 0.939. The molecular formula is C14H10BrN3. The highest BCUT2D eigenvalue weighted by atomic mass is 79.9. The van der Waals surface area contributed by atoms with Crippen LogP contribution in [0.5, 0.6) is 0 Å². The molecule has 0 amide bonds. The van der Waals surface area contributed by atoms with Gasteiger partial charge in [-0.25, -0.2) is 0 Å². The summed E-state index contributed by atoms with van der Waals surface area (Å²) in [5.74, 6) is 0. The molecule has 0 fully saturated rings. The molecule has 3 aromatic rings. The van der Waals surface area contributed by atoms with Gasteiger partial charge >= 0.3 is 0 Å². The second kappa shape index (κ2) is 4.74. The highest BCUT2D eigenvalue weighted by Gasteiger charge is 2.07. The number of hydrogen-bond donors (Lipinski definition) is 1. The smallest absolute Gasteiger partial charge is 0.0927 e. The number of hydrogen-bond acceptors (Lipinski definition) is 2. The molecule has 0 aliphatic heterocycles. The largest absolute Gasteiger partial charge is 0.277 e. The van der Waals surface area contributed by atoms with E-state index in [1.807, 2.05) is 42.5 Å². The van der Waals surface area contributed by atoms with E-state index >= 15 is 0 Å². The molecule has 2 aromatic heterocycles. The SMILES string of the molecule is Brc1cnccc1-c1cc(-c2ccccc2)n[nH]1. The average Bonchev–Trinajstić information content (AvgIpc) is 2.90. The third kappa shape index (κ3) is 2.07. The van der Waals surface area contributed by atoms with E-state index < -0.39 is 0 Å². The fraction of sp³-hybridized carbons (Fsp3) is 0. The highest BCUT2D eigenvalue weighted by Crippen LogP contribution is 2.28. The summed E-state index contributed by atoms with van der Waals surface area (Å²) in [7, 11) is 0. The van der Waals surface area contributed by atoms with Crippen molar-refractivity contribution < 1.29 is 0 Å². The summed E-state index contributed by atoms with van der Waals surface area (Å²) in [5, 5.41) is 7.39. The van der Waals surface area contributed by atoms with Gasteiger partial charge in [0.1, 0.15) is 0 Å². The first-order chi connectivity index (χ1) is 8.84.